The van der Waals surface area contributed by atoms with Crippen molar-refractivity contribution in [3.63, 3.8) is 0 Å². The van der Waals surface area contributed by atoms with E-state index in [2.05, 4.69) is 13.5 Å². The molecule has 9 nitrogen and oxygen atoms in total. The van der Waals surface area contributed by atoms with E-state index in [0.717, 1.165) is 12.8 Å². The normalized spacial score (nSPS) is 33.8. The van der Waals surface area contributed by atoms with Gasteiger partial charge in [0.05, 0.1) is 31.2 Å². The number of ether oxygens (including phenoxy) is 2. The average Bonchev–Trinajstić information content (AvgIpc) is 2.99. The second-order valence-corrected chi connectivity index (χ2v) is 12.8. The minimum Gasteiger partial charge on any atom is -0.481 e. The number of cyclic esters (lactones) is 1. The molecule has 0 aliphatic carbocycles. The molecule has 1 aliphatic rings. The van der Waals surface area contributed by atoms with Crippen LogP contribution in [0.4, 0.5) is 0 Å². The standard InChI is InChI=1S/C36H56O9/c1-8-9-12-26(5)36-28(7)30(37)18-15-23(2)21-27(6)35(43)25(4)16-17-29(44-34(42)20-19-32(39)40)22-31(38)24(3)13-10-11-14-33(41)45-36/h8-14,16-17,23-31,35-38,43H,1,15,18-22H2,2-7H3,(H,39,40). The van der Waals surface area contributed by atoms with Crippen LogP contribution in [0.5, 0.6) is 0 Å². The van der Waals surface area contributed by atoms with Gasteiger partial charge in [-0.25, -0.2) is 4.79 Å². The predicted octanol–water partition coefficient (Wildman–Crippen LogP) is 5.56. The maximum Gasteiger partial charge on any atom is 0.331 e. The van der Waals surface area contributed by atoms with E-state index < -0.39 is 48.4 Å². The molecule has 0 spiro atoms. The molecule has 9 heteroatoms. The van der Waals surface area contributed by atoms with Crippen LogP contribution in [0.2, 0.25) is 0 Å². The quantitative estimate of drug-likeness (QED) is 0.161. The van der Waals surface area contributed by atoms with E-state index >= 15 is 0 Å². The van der Waals surface area contributed by atoms with Gasteiger partial charge in [0.2, 0.25) is 0 Å². The van der Waals surface area contributed by atoms with Crippen LogP contribution >= 0.6 is 0 Å². The number of carboxylic acid groups (broad SMARTS) is 1. The summed E-state index contributed by atoms with van der Waals surface area (Å²) in [6.07, 6.45) is 12.5. The van der Waals surface area contributed by atoms with Gasteiger partial charge in [-0.2, -0.15) is 0 Å². The summed E-state index contributed by atoms with van der Waals surface area (Å²) in [5.74, 6) is -3.38. The summed E-state index contributed by atoms with van der Waals surface area (Å²) in [4.78, 5) is 36.0. The predicted molar refractivity (Wildman–Crippen MR) is 175 cm³/mol. The van der Waals surface area contributed by atoms with Gasteiger partial charge in [0.1, 0.15) is 12.2 Å². The van der Waals surface area contributed by atoms with E-state index in [4.69, 9.17) is 14.6 Å². The summed E-state index contributed by atoms with van der Waals surface area (Å²) in [5, 5.41) is 42.0. The molecule has 0 amide bonds. The van der Waals surface area contributed by atoms with E-state index in [9.17, 15) is 29.7 Å². The van der Waals surface area contributed by atoms with Gasteiger partial charge in [-0.3, -0.25) is 9.59 Å². The molecule has 11 unspecified atom stereocenters. The fourth-order valence-corrected chi connectivity index (χ4v) is 5.55. The minimum absolute atomic E-state index is 0.0555. The maximum absolute atomic E-state index is 12.8. The van der Waals surface area contributed by atoms with Gasteiger partial charge in [-0.05, 0) is 37.2 Å². The number of hydrogen-bond acceptors (Lipinski definition) is 8. The van der Waals surface area contributed by atoms with Crippen LogP contribution in [0.15, 0.2) is 61.3 Å². The Balaban J connectivity index is 3.30. The van der Waals surface area contributed by atoms with E-state index in [0.29, 0.717) is 6.42 Å². The summed E-state index contributed by atoms with van der Waals surface area (Å²) in [7, 11) is 0. The molecule has 0 saturated carbocycles. The molecule has 0 aromatic carbocycles. The molecule has 0 fully saturated rings. The fourth-order valence-electron chi connectivity index (χ4n) is 5.55. The summed E-state index contributed by atoms with van der Waals surface area (Å²) in [6.45, 7) is 15.2. The van der Waals surface area contributed by atoms with E-state index in [1.807, 2.05) is 33.8 Å². The zero-order valence-electron chi connectivity index (χ0n) is 27.8. The number of aliphatic hydroxyl groups excluding tert-OH is 3. The topological polar surface area (TPSA) is 151 Å². The largest absolute Gasteiger partial charge is 0.481 e. The SMILES string of the molecule is C=CC=CC(C)C1OC(=O)C=CC=CC(C)C(O)CC(OC(=O)CCC(=O)O)C=CC(C)C(O)C(C)CC(C)CCC(O)C1C. The first-order valence-corrected chi connectivity index (χ1v) is 16.1. The van der Waals surface area contributed by atoms with Crippen molar-refractivity contribution < 1.29 is 44.3 Å². The highest BCUT2D eigenvalue weighted by atomic mass is 16.5. The Hall–Kier alpha value is -3.01. The lowest BCUT2D eigenvalue weighted by atomic mass is 9.82. The zero-order chi connectivity index (χ0) is 34.1. The molecule has 0 radical (unpaired) electrons. The molecular formula is C36H56O9. The van der Waals surface area contributed by atoms with Gasteiger partial charge in [0.15, 0.2) is 0 Å². The first-order chi connectivity index (χ1) is 21.2. The van der Waals surface area contributed by atoms with Crippen LogP contribution < -0.4 is 0 Å². The van der Waals surface area contributed by atoms with Gasteiger partial charge in [0.25, 0.3) is 0 Å². The van der Waals surface area contributed by atoms with Crippen molar-refractivity contribution >= 4 is 17.9 Å². The number of aliphatic carboxylic acids is 1. The van der Waals surface area contributed by atoms with E-state index in [1.54, 1.807) is 43.4 Å². The van der Waals surface area contributed by atoms with E-state index in [-0.39, 0.29) is 54.8 Å². The van der Waals surface area contributed by atoms with E-state index in [1.165, 1.54) is 12.2 Å². The average molecular weight is 633 g/mol. The molecular weight excluding hydrogens is 576 g/mol. The zero-order valence-corrected chi connectivity index (χ0v) is 27.8. The van der Waals surface area contributed by atoms with Crippen molar-refractivity contribution in [2.45, 2.75) is 111 Å². The number of hydrogen-bond donors (Lipinski definition) is 4. The molecule has 45 heavy (non-hydrogen) atoms. The number of carboxylic acids is 1. The summed E-state index contributed by atoms with van der Waals surface area (Å²) in [6, 6.07) is 0. The molecule has 4 N–H and O–H groups in total. The summed E-state index contributed by atoms with van der Waals surface area (Å²) >= 11 is 0. The Labute approximate surface area is 269 Å². The molecule has 1 rings (SSSR count). The molecule has 254 valence electrons. The molecule has 1 heterocycles. The second-order valence-electron chi connectivity index (χ2n) is 12.8. The lowest BCUT2D eigenvalue weighted by Gasteiger charge is -2.31. The fraction of sp³-hybridized carbons (Fsp3) is 0.639. The van der Waals surface area contributed by atoms with Crippen molar-refractivity contribution in [3.05, 3.63) is 61.3 Å². The lowest BCUT2D eigenvalue weighted by molar-refractivity contribution is -0.151. The van der Waals surface area contributed by atoms with Crippen molar-refractivity contribution in [2.24, 2.45) is 35.5 Å². The number of carbonyl (C=O) groups excluding carboxylic acids is 2. The van der Waals surface area contributed by atoms with Crippen LogP contribution in [0, 0.1) is 35.5 Å². The molecule has 0 aromatic heterocycles. The first kappa shape index (κ1) is 40.0. The van der Waals surface area contributed by atoms with Gasteiger partial charge in [-0.1, -0.05) is 90.7 Å². The molecule has 1 aliphatic heterocycles. The van der Waals surface area contributed by atoms with Gasteiger partial charge >= 0.3 is 17.9 Å². The third-order valence-electron chi connectivity index (χ3n) is 8.59. The van der Waals surface area contributed by atoms with Crippen molar-refractivity contribution in [1.29, 1.82) is 0 Å². The van der Waals surface area contributed by atoms with Crippen LogP contribution in [0.1, 0.15) is 80.1 Å². The minimum atomic E-state index is -1.11. The number of rotatable bonds is 7. The Bertz CT molecular complexity index is 1050. The molecule has 0 saturated heterocycles. The van der Waals surface area contributed by atoms with Crippen molar-refractivity contribution in [1.82, 2.24) is 0 Å². The van der Waals surface area contributed by atoms with Gasteiger partial charge < -0.3 is 29.9 Å². The molecule has 11 atom stereocenters. The van der Waals surface area contributed by atoms with Gasteiger partial charge in [0, 0.05) is 36.2 Å². The Morgan fingerprint density at radius 1 is 0.978 bits per heavy atom. The molecule has 0 bridgehead atoms. The second kappa shape index (κ2) is 20.9. The van der Waals surface area contributed by atoms with Crippen LogP contribution in [0.3, 0.4) is 0 Å². The smallest absolute Gasteiger partial charge is 0.331 e. The Kier molecular flexibility index (Phi) is 18.6. The third-order valence-corrected chi connectivity index (χ3v) is 8.59. The Morgan fingerprint density at radius 3 is 2.31 bits per heavy atom. The number of carbonyl (C=O) groups is 3. The molecule has 0 aromatic rings. The van der Waals surface area contributed by atoms with Gasteiger partial charge in [-0.15, -0.1) is 0 Å². The Morgan fingerprint density at radius 2 is 1.67 bits per heavy atom. The van der Waals surface area contributed by atoms with Crippen molar-refractivity contribution in [3.8, 4) is 0 Å². The summed E-state index contributed by atoms with van der Waals surface area (Å²) < 4.78 is 11.3. The highest BCUT2D eigenvalue weighted by Crippen LogP contribution is 2.28. The van der Waals surface area contributed by atoms with Crippen LogP contribution in [-0.4, -0.2) is 68.9 Å². The first-order valence-electron chi connectivity index (χ1n) is 16.1. The lowest BCUT2D eigenvalue weighted by Crippen LogP contribution is -2.37. The number of allylic oxidation sites excluding steroid dienone is 4. The van der Waals surface area contributed by atoms with Crippen LogP contribution in [0.25, 0.3) is 0 Å². The highest BCUT2D eigenvalue weighted by Gasteiger charge is 2.31. The number of aliphatic hydroxyl groups is 3. The monoisotopic (exact) mass is 632 g/mol. The highest BCUT2D eigenvalue weighted by molar-refractivity contribution is 5.82. The van der Waals surface area contributed by atoms with Crippen LogP contribution in [-0.2, 0) is 23.9 Å². The maximum atomic E-state index is 12.8. The third kappa shape index (κ3) is 15.7. The number of esters is 2. The van der Waals surface area contributed by atoms with Crippen molar-refractivity contribution in [2.75, 3.05) is 0 Å². The summed E-state index contributed by atoms with van der Waals surface area (Å²) in [5.41, 5.74) is 0.